The fraction of sp³-hybridized carbons (Fsp3) is 0.855. The monoisotopic (exact) mass is 1050 g/mol. The molecule has 1 amide bonds. The number of ether oxygens (including phenoxy) is 1. The van der Waals surface area contributed by atoms with Crippen molar-refractivity contribution in [2.24, 2.45) is 0 Å². The molecule has 0 aromatic heterocycles. The van der Waals surface area contributed by atoms with Crippen molar-refractivity contribution in [1.29, 1.82) is 0 Å². The summed E-state index contributed by atoms with van der Waals surface area (Å²) in [5, 5.41) is 23.1. The number of rotatable bonds is 62. The Balaban J connectivity index is 3.38. The molecule has 440 valence electrons. The van der Waals surface area contributed by atoms with Crippen molar-refractivity contribution in [2.45, 2.75) is 366 Å². The second-order valence-corrected chi connectivity index (χ2v) is 22.8. The van der Waals surface area contributed by atoms with Crippen LogP contribution in [-0.2, 0) is 14.3 Å². The van der Waals surface area contributed by atoms with Crippen molar-refractivity contribution in [1.82, 2.24) is 5.32 Å². The lowest BCUT2D eigenvalue weighted by atomic mass is 10.0. The number of nitrogens with one attached hydrogen (secondary N) is 1. The number of hydrogen-bond acceptors (Lipinski definition) is 5. The van der Waals surface area contributed by atoms with Crippen molar-refractivity contribution in [3.63, 3.8) is 0 Å². The van der Waals surface area contributed by atoms with Gasteiger partial charge >= 0.3 is 5.97 Å². The van der Waals surface area contributed by atoms with Gasteiger partial charge in [0.25, 0.3) is 0 Å². The molecule has 0 heterocycles. The lowest BCUT2D eigenvalue weighted by Crippen LogP contribution is -2.45. The molecule has 0 radical (unpaired) electrons. The smallest absolute Gasteiger partial charge is 0.305 e. The van der Waals surface area contributed by atoms with E-state index in [1.54, 1.807) is 6.08 Å². The maximum Gasteiger partial charge on any atom is 0.305 e. The molecule has 0 aromatic carbocycles. The predicted octanol–water partition coefficient (Wildman–Crippen LogP) is 21.3. The number of carbonyl (C=O) groups excluding carboxylic acids is 2. The Morgan fingerprint density at radius 1 is 0.373 bits per heavy atom. The summed E-state index contributed by atoms with van der Waals surface area (Å²) in [5.41, 5.74) is 0. The fourth-order valence-electron chi connectivity index (χ4n) is 10.2. The Kier molecular flexibility index (Phi) is 62.5. The van der Waals surface area contributed by atoms with E-state index in [0.717, 1.165) is 51.4 Å². The first-order valence-corrected chi connectivity index (χ1v) is 33.4. The van der Waals surface area contributed by atoms with Crippen LogP contribution in [0.5, 0.6) is 0 Å². The highest BCUT2D eigenvalue weighted by atomic mass is 16.5. The zero-order chi connectivity index (χ0) is 54.3. The van der Waals surface area contributed by atoms with Gasteiger partial charge in [0.1, 0.15) is 0 Å². The molecule has 0 aliphatic carbocycles. The van der Waals surface area contributed by atoms with Crippen molar-refractivity contribution >= 4 is 11.9 Å². The first kappa shape index (κ1) is 72.8. The van der Waals surface area contributed by atoms with Crippen LogP contribution in [0.25, 0.3) is 0 Å². The van der Waals surface area contributed by atoms with E-state index >= 15 is 0 Å². The summed E-state index contributed by atoms with van der Waals surface area (Å²) in [5.74, 6) is -0.0582. The zero-order valence-corrected chi connectivity index (χ0v) is 50.3. The molecule has 0 rings (SSSR count). The van der Waals surface area contributed by atoms with Crippen molar-refractivity contribution in [2.75, 3.05) is 13.2 Å². The molecular weight excluding hydrogens is 923 g/mol. The Morgan fingerprint density at radius 3 is 1.05 bits per heavy atom. The second-order valence-electron chi connectivity index (χ2n) is 22.8. The summed E-state index contributed by atoms with van der Waals surface area (Å²) in [6, 6.07) is -0.628. The summed E-state index contributed by atoms with van der Waals surface area (Å²) in [7, 11) is 0. The molecule has 3 N–H and O–H groups in total. The lowest BCUT2D eigenvalue weighted by molar-refractivity contribution is -0.143. The number of carbonyl (C=O) groups is 2. The van der Waals surface area contributed by atoms with Gasteiger partial charge in [0.2, 0.25) is 5.91 Å². The third-order valence-electron chi connectivity index (χ3n) is 15.3. The predicted molar refractivity (Wildman–Crippen MR) is 329 cm³/mol. The van der Waals surface area contributed by atoms with Crippen LogP contribution in [-0.4, -0.2) is 47.4 Å². The second kappa shape index (κ2) is 64.3. The van der Waals surface area contributed by atoms with Gasteiger partial charge in [0.05, 0.1) is 25.4 Å². The van der Waals surface area contributed by atoms with Crippen molar-refractivity contribution < 1.29 is 24.5 Å². The maximum atomic E-state index is 12.4. The minimum Gasteiger partial charge on any atom is -0.466 e. The molecular formula is C69H129NO5. The molecule has 0 aromatic rings. The van der Waals surface area contributed by atoms with Crippen LogP contribution in [0, 0.1) is 0 Å². The first-order chi connectivity index (χ1) is 37.0. The number of amides is 1. The van der Waals surface area contributed by atoms with E-state index in [1.165, 1.54) is 276 Å². The third-order valence-corrected chi connectivity index (χ3v) is 15.3. The molecule has 0 saturated heterocycles. The van der Waals surface area contributed by atoms with Crippen LogP contribution in [0.2, 0.25) is 0 Å². The lowest BCUT2D eigenvalue weighted by Gasteiger charge is -2.20. The maximum absolute atomic E-state index is 12.4. The third kappa shape index (κ3) is 60.9. The van der Waals surface area contributed by atoms with Crippen LogP contribution in [0.1, 0.15) is 354 Å². The quantitative estimate of drug-likeness (QED) is 0.0320. The average Bonchev–Trinajstić information content (AvgIpc) is 3.41. The van der Waals surface area contributed by atoms with E-state index in [1.807, 2.05) is 6.08 Å². The molecule has 0 fully saturated rings. The van der Waals surface area contributed by atoms with Crippen molar-refractivity contribution in [3.05, 3.63) is 48.6 Å². The minimum atomic E-state index is -0.844. The fourth-order valence-corrected chi connectivity index (χ4v) is 10.2. The van der Waals surface area contributed by atoms with E-state index < -0.39 is 12.1 Å². The standard InChI is InChI=1S/C69H129NO5/c1-3-5-7-9-11-13-15-17-18-19-29-33-36-39-43-47-51-55-59-63-69(74)75-64-60-56-52-48-44-40-37-34-31-28-26-24-22-20-21-23-25-27-30-32-35-38-42-46-50-54-58-62-68(73)70-66(65-71)67(72)61-57-53-49-45-41-16-14-12-10-8-6-4-2/h11,13,17-18,20-21,57,61,66-67,71-72H,3-10,12,14-16,19,22-56,58-60,62-65H2,1-2H3,(H,70,73)/b13-11-,18-17-,21-20-,61-57+. The number of aliphatic hydroxyl groups excluding tert-OH is 2. The van der Waals surface area contributed by atoms with Gasteiger partial charge in [0, 0.05) is 12.8 Å². The van der Waals surface area contributed by atoms with Gasteiger partial charge in [-0.15, -0.1) is 0 Å². The zero-order valence-electron chi connectivity index (χ0n) is 50.3. The Morgan fingerprint density at radius 2 is 0.667 bits per heavy atom. The van der Waals surface area contributed by atoms with Crippen LogP contribution in [0.15, 0.2) is 48.6 Å². The van der Waals surface area contributed by atoms with Crippen LogP contribution in [0.3, 0.4) is 0 Å². The number of hydrogen-bond donors (Lipinski definition) is 3. The molecule has 2 atom stereocenters. The van der Waals surface area contributed by atoms with Gasteiger partial charge in [-0.1, -0.05) is 300 Å². The van der Waals surface area contributed by atoms with Gasteiger partial charge < -0.3 is 20.3 Å². The summed E-state index contributed by atoms with van der Waals surface area (Å²) < 4.78 is 5.50. The van der Waals surface area contributed by atoms with E-state index in [0.29, 0.717) is 19.4 Å². The number of aliphatic hydroxyl groups is 2. The van der Waals surface area contributed by atoms with E-state index in [2.05, 4.69) is 55.6 Å². The highest BCUT2D eigenvalue weighted by Gasteiger charge is 2.18. The number of unbranched alkanes of at least 4 members (excludes halogenated alkanes) is 45. The van der Waals surface area contributed by atoms with Gasteiger partial charge in [-0.2, -0.15) is 0 Å². The largest absolute Gasteiger partial charge is 0.466 e. The molecule has 6 heteroatoms. The topological polar surface area (TPSA) is 95.9 Å². The van der Waals surface area contributed by atoms with Gasteiger partial charge in [-0.3, -0.25) is 9.59 Å². The van der Waals surface area contributed by atoms with Gasteiger partial charge in [-0.05, 0) is 89.9 Å². The Hall–Kier alpha value is -2.18. The minimum absolute atomic E-state index is 0.0108. The van der Waals surface area contributed by atoms with Gasteiger partial charge in [0.15, 0.2) is 0 Å². The summed E-state index contributed by atoms with van der Waals surface area (Å²) in [6.45, 7) is 4.88. The summed E-state index contributed by atoms with van der Waals surface area (Å²) in [6.07, 6.45) is 83.2. The molecule has 75 heavy (non-hydrogen) atoms. The number of esters is 1. The summed E-state index contributed by atoms with van der Waals surface area (Å²) in [4.78, 5) is 24.5. The molecule has 6 nitrogen and oxygen atoms in total. The molecule has 0 spiro atoms. The first-order valence-electron chi connectivity index (χ1n) is 33.4. The Labute approximate surface area is 467 Å². The van der Waals surface area contributed by atoms with E-state index in [9.17, 15) is 19.8 Å². The SMILES string of the molecule is CCCCC/C=C\C/C=C\CCCCCCCCCCCC(=O)OCCCCCCCCCCCCCC/C=C\CCCCCCCCCCCCCC(=O)NC(CO)C(O)/C=C/CCCCCCCCCCCC. The summed E-state index contributed by atoms with van der Waals surface area (Å²) >= 11 is 0. The van der Waals surface area contributed by atoms with Crippen molar-refractivity contribution in [3.8, 4) is 0 Å². The molecule has 0 aliphatic rings. The highest BCUT2D eigenvalue weighted by molar-refractivity contribution is 5.76. The average molecular weight is 1050 g/mol. The molecule has 0 aliphatic heterocycles. The van der Waals surface area contributed by atoms with Gasteiger partial charge in [-0.25, -0.2) is 0 Å². The highest BCUT2D eigenvalue weighted by Crippen LogP contribution is 2.17. The normalized spacial score (nSPS) is 12.9. The molecule has 0 saturated carbocycles. The van der Waals surface area contributed by atoms with Crippen LogP contribution in [0.4, 0.5) is 0 Å². The van der Waals surface area contributed by atoms with E-state index in [-0.39, 0.29) is 18.5 Å². The molecule has 0 bridgehead atoms. The molecule has 2 unspecified atom stereocenters. The van der Waals surface area contributed by atoms with Crippen LogP contribution >= 0.6 is 0 Å². The number of allylic oxidation sites excluding steroid dienone is 7. The van der Waals surface area contributed by atoms with Crippen LogP contribution < -0.4 is 5.32 Å². The Bertz CT molecular complexity index is 1260. The van der Waals surface area contributed by atoms with E-state index in [4.69, 9.17) is 4.74 Å².